The largest absolute Gasteiger partial charge is 0.396 e. The number of benzene rings is 2. The van der Waals surface area contributed by atoms with Crippen LogP contribution in [-0.4, -0.2) is 52.5 Å². The number of nitrogens with two attached hydrogens (primary N) is 1. The smallest absolute Gasteiger partial charge is 0.267 e. The van der Waals surface area contributed by atoms with Crippen molar-refractivity contribution in [3.05, 3.63) is 71.3 Å². The Kier molecular flexibility index (Phi) is 7.80. The quantitative estimate of drug-likeness (QED) is 0.285. The van der Waals surface area contributed by atoms with Gasteiger partial charge in [0.05, 0.1) is 0 Å². The van der Waals surface area contributed by atoms with Gasteiger partial charge >= 0.3 is 0 Å². The van der Waals surface area contributed by atoms with Gasteiger partial charge in [0.2, 0.25) is 0 Å². The molecule has 0 spiro atoms. The number of carbonyl (C=O) groups is 1. The lowest BCUT2D eigenvalue weighted by atomic mass is 10.0. The number of hydrogen-bond acceptors (Lipinski definition) is 7. The van der Waals surface area contributed by atoms with E-state index < -0.39 is 11.5 Å². The number of nitrogens with zero attached hydrogens (tertiary/aromatic N) is 6. The van der Waals surface area contributed by atoms with Crippen molar-refractivity contribution in [1.82, 2.24) is 29.8 Å². The first kappa shape index (κ1) is 26.2. The second-order valence-corrected chi connectivity index (χ2v) is 9.56. The summed E-state index contributed by atoms with van der Waals surface area (Å²) in [4.78, 5) is 16.9. The molecule has 0 saturated heterocycles. The summed E-state index contributed by atoms with van der Waals surface area (Å²) in [7, 11) is 0. The highest BCUT2D eigenvalue weighted by Gasteiger charge is 2.30. The molecule has 0 aliphatic rings. The monoisotopic (exact) mass is 503 g/mol. The van der Waals surface area contributed by atoms with Gasteiger partial charge in [0.15, 0.2) is 5.82 Å². The molecular formula is C27H33N7O3. The van der Waals surface area contributed by atoms with Crippen molar-refractivity contribution in [2.75, 3.05) is 6.61 Å². The van der Waals surface area contributed by atoms with Gasteiger partial charge in [-0.2, -0.15) is 0 Å². The van der Waals surface area contributed by atoms with Crippen molar-refractivity contribution in [1.29, 1.82) is 0 Å². The molecule has 4 rings (SSSR count). The number of carbonyl (C=O) groups excluding carboxylic acids is 1. The van der Waals surface area contributed by atoms with Crippen molar-refractivity contribution < 1.29 is 15.0 Å². The van der Waals surface area contributed by atoms with Crippen LogP contribution in [0.3, 0.4) is 0 Å². The number of aliphatic hydroxyl groups is 2. The van der Waals surface area contributed by atoms with Crippen LogP contribution in [0.5, 0.6) is 0 Å². The molecule has 0 saturated carbocycles. The average Bonchev–Trinajstić information content (AvgIpc) is 3.48. The third-order valence-corrected chi connectivity index (χ3v) is 6.16. The zero-order valence-corrected chi connectivity index (χ0v) is 21.4. The van der Waals surface area contributed by atoms with E-state index in [0.29, 0.717) is 37.4 Å². The van der Waals surface area contributed by atoms with E-state index in [-0.39, 0.29) is 12.3 Å². The van der Waals surface area contributed by atoms with Gasteiger partial charge < -0.3 is 20.5 Å². The minimum Gasteiger partial charge on any atom is -0.396 e. The molecule has 0 aliphatic heterocycles. The van der Waals surface area contributed by atoms with Crippen LogP contribution in [0, 0.1) is 0 Å². The summed E-state index contributed by atoms with van der Waals surface area (Å²) < 4.78 is 3.51. The van der Waals surface area contributed by atoms with Crippen LogP contribution in [0.25, 0.3) is 22.5 Å². The van der Waals surface area contributed by atoms with Crippen LogP contribution >= 0.6 is 0 Å². The maximum absolute atomic E-state index is 12.3. The minimum atomic E-state index is -1.28. The second kappa shape index (κ2) is 11.0. The van der Waals surface area contributed by atoms with Gasteiger partial charge in [-0.1, -0.05) is 55.5 Å². The van der Waals surface area contributed by atoms with E-state index in [1.807, 2.05) is 60.0 Å². The molecule has 0 bridgehead atoms. The maximum atomic E-state index is 12.3. The Hall–Kier alpha value is -3.89. The van der Waals surface area contributed by atoms with Gasteiger partial charge in [0, 0.05) is 31.7 Å². The SMILES string of the molecule is CCCc1nc(C(C)(C)O)c(C(N)=O)n1Cc1ccc(-c2ccc(-c3nnnn3CCCO)cc2)cc1. The summed E-state index contributed by atoms with van der Waals surface area (Å²) in [6.45, 7) is 6.32. The Morgan fingerprint density at radius 2 is 1.65 bits per heavy atom. The molecule has 0 atom stereocenters. The predicted molar refractivity (Wildman–Crippen MR) is 139 cm³/mol. The highest BCUT2D eigenvalue weighted by molar-refractivity contribution is 5.92. The number of aromatic nitrogens is 6. The molecule has 1 amide bonds. The van der Waals surface area contributed by atoms with Gasteiger partial charge in [-0.25, -0.2) is 9.67 Å². The summed E-state index contributed by atoms with van der Waals surface area (Å²) in [6.07, 6.45) is 2.11. The lowest BCUT2D eigenvalue weighted by molar-refractivity contribution is 0.0711. The molecule has 0 radical (unpaired) electrons. The number of imidazole rings is 1. The Labute approximate surface area is 215 Å². The van der Waals surface area contributed by atoms with E-state index in [0.717, 1.165) is 34.5 Å². The van der Waals surface area contributed by atoms with Crippen LogP contribution < -0.4 is 5.73 Å². The van der Waals surface area contributed by atoms with Crippen LogP contribution in [0.15, 0.2) is 48.5 Å². The van der Waals surface area contributed by atoms with E-state index in [1.165, 1.54) is 0 Å². The third-order valence-electron chi connectivity index (χ3n) is 6.16. The number of aliphatic hydroxyl groups excluding tert-OH is 1. The number of tetrazole rings is 1. The molecule has 194 valence electrons. The highest BCUT2D eigenvalue weighted by atomic mass is 16.3. The Balaban J connectivity index is 1.57. The molecule has 10 heteroatoms. The molecule has 2 heterocycles. The van der Waals surface area contributed by atoms with Gasteiger partial charge in [-0.15, -0.1) is 5.10 Å². The fourth-order valence-electron chi connectivity index (χ4n) is 4.34. The van der Waals surface area contributed by atoms with E-state index in [9.17, 15) is 9.90 Å². The van der Waals surface area contributed by atoms with Crippen LogP contribution in [0.2, 0.25) is 0 Å². The number of aryl methyl sites for hydroxylation is 2. The zero-order valence-electron chi connectivity index (χ0n) is 21.4. The van der Waals surface area contributed by atoms with Crippen molar-refractivity contribution in [3.8, 4) is 22.5 Å². The molecular weight excluding hydrogens is 470 g/mol. The van der Waals surface area contributed by atoms with Crippen molar-refractivity contribution >= 4 is 5.91 Å². The Bertz CT molecular complexity index is 1350. The maximum Gasteiger partial charge on any atom is 0.267 e. The normalized spacial score (nSPS) is 11.7. The Morgan fingerprint density at radius 1 is 1.03 bits per heavy atom. The predicted octanol–water partition coefficient (Wildman–Crippen LogP) is 2.91. The number of rotatable bonds is 11. The minimum absolute atomic E-state index is 0.0828. The molecule has 0 aliphatic carbocycles. The van der Waals surface area contributed by atoms with E-state index in [1.54, 1.807) is 18.5 Å². The highest BCUT2D eigenvalue weighted by Crippen LogP contribution is 2.27. The summed E-state index contributed by atoms with van der Waals surface area (Å²) in [5.74, 6) is 0.787. The fraction of sp³-hybridized carbons (Fsp3) is 0.370. The van der Waals surface area contributed by atoms with Crippen molar-refractivity contribution in [2.24, 2.45) is 5.73 Å². The molecule has 4 aromatic rings. The van der Waals surface area contributed by atoms with Crippen molar-refractivity contribution in [2.45, 2.75) is 58.7 Å². The van der Waals surface area contributed by atoms with Crippen molar-refractivity contribution in [3.63, 3.8) is 0 Å². The van der Waals surface area contributed by atoms with Gasteiger partial charge in [0.1, 0.15) is 22.8 Å². The summed E-state index contributed by atoms with van der Waals surface area (Å²) in [5, 5.41) is 31.5. The molecule has 0 fully saturated rings. The second-order valence-electron chi connectivity index (χ2n) is 9.56. The number of amides is 1. The summed E-state index contributed by atoms with van der Waals surface area (Å²) >= 11 is 0. The third kappa shape index (κ3) is 5.76. The molecule has 10 nitrogen and oxygen atoms in total. The van der Waals surface area contributed by atoms with Crippen LogP contribution in [-0.2, 0) is 25.1 Å². The first-order chi connectivity index (χ1) is 17.7. The molecule has 37 heavy (non-hydrogen) atoms. The Morgan fingerprint density at radius 3 is 2.22 bits per heavy atom. The molecule has 0 unspecified atom stereocenters. The summed E-state index contributed by atoms with van der Waals surface area (Å²) in [5.41, 5.74) is 8.97. The lowest BCUT2D eigenvalue weighted by Gasteiger charge is -2.16. The summed E-state index contributed by atoms with van der Waals surface area (Å²) in [6, 6.07) is 16.1. The first-order valence-electron chi connectivity index (χ1n) is 12.4. The van der Waals surface area contributed by atoms with Gasteiger partial charge in [0.25, 0.3) is 5.91 Å². The van der Waals surface area contributed by atoms with Gasteiger partial charge in [-0.05, 0) is 53.8 Å². The van der Waals surface area contributed by atoms with E-state index in [4.69, 9.17) is 10.8 Å². The average molecular weight is 504 g/mol. The van der Waals surface area contributed by atoms with Crippen LogP contribution in [0.1, 0.15) is 61.2 Å². The standard InChI is InChI=1S/C27H33N7O3/c1-4-6-22-29-24(27(2,3)37)23(25(28)36)33(22)17-18-7-9-19(10-8-18)20-11-13-21(14-12-20)26-30-31-32-34(26)15-5-16-35/h7-14,35,37H,4-6,15-17H2,1-3H3,(H2,28,36). The topological polar surface area (TPSA) is 145 Å². The number of primary amides is 1. The van der Waals surface area contributed by atoms with Crippen LogP contribution in [0.4, 0.5) is 0 Å². The van der Waals surface area contributed by atoms with Gasteiger partial charge in [-0.3, -0.25) is 4.79 Å². The fourth-order valence-corrected chi connectivity index (χ4v) is 4.34. The molecule has 4 N–H and O–H groups in total. The number of hydrogen-bond donors (Lipinski definition) is 3. The molecule has 2 aromatic carbocycles. The van der Waals surface area contributed by atoms with E-state index >= 15 is 0 Å². The van der Waals surface area contributed by atoms with E-state index in [2.05, 4.69) is 20.5 Å². The zero-order chi connectivity index (χ0) is 26.6. The lowest BCUT2D eigenvalue weighted by Crippen LogP contribution is -2.25. The first-order valence-corrected chi connectivity index (χ1v) is 12.4. The molecule has 2 aromatic heterocycles.